The van der Waals surface area contributed by atoms with Gasteiger partial charge >= 0.3 is 0 Å². The zero-order valence-corrected chi connectivity index (χ0v) is 11.8. The Bertz CT molecular complexity index is 678. The number of hydrogen-bond donors (Lipinski definition) is 1. The predicted octanol–water partition coefficient (Wildman–Crippen LogP) is 1.50. The molecule has 0 aliphatic carbocycles. The zero-order chi connectivity index (χ0) is 13.9. The van der Waals surface area contributed by atoms with Gasteiger partial charge in [0.15, 0.2) is 0 Å². The molecule has 0 atom stereocenters. The maximum atomic E-state index is 11.9. The van der Waals surface area contributed by atoms with Crippen molar-refractivity contribution in [3.8, 4) is 0 Å². The van der Waals surface area contributed by atoms with Crippen LogP contribution in [0.25, 0.3) is 0 Å². The molecule has 0 aliphatic heterocycles. The number of aryl methyl sites for hydroxylation is 1. The highest BCUT2D eigenvalue weighted by atomic mass is 32.2. The standard InChI is InChI=1S/C12H12N2O3S2/c1-9-13-10(8-18-9)7-12(15)14-19(16,17)11-5-3-2-4-6-11/h2-6,8H,7H2,1H3,(H,14,15). The van der Waals surface area contributed by atoms with Crippen molar-refractivity contribution in [2.75, 3.05) is 0 Å². The number of nitrogens with one attached hydrogen (secondary N) is 1. The summed E-state index contributed by atoms with van der Waals surface area (Å²) in [5, 5.41) is 2.58. The second-order valence-electron chi connectivity index (χ2n) is 3.88. The molecule has 0 unspecified atom stereocenters. The molecule has 7 heteroatoms. The number of nitrogens with zero attached hydrogens (tertiary/aromatic N) is 1. The summed E-state index contributed by atoms with van der Waals surface area (Å²) in [6, 6.07) is 7.77. The van der Waals surface area contributed by atoms with Crippen LogP contribution >= 0.6 is 11.3 Å². The number of sulfonamides is 1. The lowest BCUT2D eigenvalue weighted by molar-refractivity contribution is -0.118. The first kappa shape index (κ1) is 13.7. The molecule has 5 nitrogen and oxygen atoms in total. The highest BCUT2D eigenvalue weighted by Crippen LogP contribution is 2.10. The van der Waals surface area contributed by atoms with Crippen LogP contribution in [0.5, 0.6) is 0 Å². The minimum Gasteiger partial charge on any atom is -0.274 e. The first-order chi connectivity index (χ1) is 8.97. The van der Waals surface area contributed by atoms with E-state index in [1.165, 1.54) is 23.5 Å². The fourth-order valence-electron chi connectivity index (χ4n) is 1.50. The Morgan fingerprint density at radius 2 is 2.00 bits per heavy atom. The maximum Gasteiger partial charge on any atom is 0.264 e. The summed E-state index contributed by atoms with van der Waals surface area (Å²) < 4.78 is 25.8. The van der Waals surface area contributed by atoms with Gasteiger partial charge in [0.1, 0.15) is 0 Å². The molecule has 19 heavy (non-hydrogen) atoms. The van der Waals surface area contributed by atoms with E-state index >= 15 is 0 Å². The molecule has 0 spiro atoms. The van der Waals surface area contributed by atoms with Gasteiger partial charge in [0.05, 0.1) is 22.0 Å². The van der Waals surface area contributed by atoms with Crippen molar-refractivity contribution in [1.29, 1.82) is 0 Å². The molecule has 2 rings (SSSR count). The van der Waals surface area contributed by atoms with E-state index in [9.17, 15) is 13.2 Å². The minimum atomic E-state index is -3.80. The monoisotopic (exact) mass is 296 g/mol. The fourth-order valence-corrected chi connectivity index (χ4v) is 3.12. The smallest absolute Gasteiger partial charge is 0.264 e. The van der Waals surface area contributed by atoms with Crippen LogP contribution in [0, 0.1) is 6.92 Å². The maximum absolute atomic E-state index is 11.9. The van der Waals surface area contributed by atoms with Crippen molar-refractivity contribution < 1.29 is 13.2 Å². The molecule has 100 valence electrons. The highest BCUT2D eigenvalue weighted by molar-refractivity contribution is 7.90. The summed E-state index contributed by atoms with van der Waals surface area (Å²) in [6.45, 7) is 1.83. The van der Waals surface area contributed by atoms with Crippen LogP contribution in [-0.2, 0) is 21.2 Å². The third-order valence-corrected chi connectivity index (χ3v) is 4.52. The average molecular weight is 296 g/mol. The topological polar surface area (TPSA) is 76.1 Å². The van der Waals surface area contributed by atoms with Crippen molar-refractivity contribution in [3.05, 3.63) is 46.4 Å². The number of amides is 1. The summed E-state index contributed by atoms with van der Waals surface area (Å²) in [6.07, 6.45) is -0.0452. The Morgan fingerprint density at radius 1 is 1.32 bits per heavy atom. The number of hydrogen-bond acceptors (Lipinski definition) is 5. The van der Waals surface area contributed by atoms with Crippen LogP contribution in [0.2, 0.25) is 0 Å². The second kappa shape index (κ2) is 5.50. The van der Waals surface area contributed by atoms with Crippen molar-refractivity contribution in [3.63, 3.8) is 0 Å². The molecular formula is C12H12N2O3S2. The molecule has 1 heterocycles. The molecule has 0 fully saturated rings. The third-order valence-electron chi connectivity index (χ3n) is 2.31. The number of thiazole rings is 1. The molecule has 0 aliphatic rings. The molecule has 1 N–H and O–H groups in total. The van der Waals surface area contributed by atoms with Crippen LogP contribution in [-0.4, -0.2) is 19.3 Å². The number of carbonyl (C=O) groups excluding carboxylic acids is 1. The summed E-state index contributed by atoms with van der Waals surface area (Å²) in [5.41, 5.74) is 0.572. The molecule has 2 aromatic rings. The quantitative estimate of drug-likeness (QED) is 0.927. The van der Waals surface area contributed by atoms with Crippen molar-refractivity contribution in [1.82, 2.24) is 9.71 Å². The summed E-state index contributed by atoms with van der Waals surface area (Å²) in [4.78, 5) is 15.9. The number of benzene rings is 1. The first-order valence-electron chi connectivity index (χ1n) is 5.49. The molecule has 0 saturated carbocycles. The Kier molecular flexibility index (Phi) is 3.96. The van der Waals surface area contributed by atoms with Crippen LogP contribution in [0.4, 0.5) is 0 Å². The van der Waals surface area contributed by atoms with Gasteiger partial charge in [0.25, 0.3) is 10.0 Å². The van der Waals surface area contributed by atoms with E-state index in [1.807, 2.05) is 11.6 Å². The van der Waals surface area contributed by atoms with Crippen LogP contribution < -0.4 is 4.72 Å². The molecule has 0 saturated heterocycles. The average Bonchev–Trinajstić information content (AvgIpc) is 2.75. The number of rotatable bonds is 4. The van der Waals surface area contributed by atoms with Crippen molar-refractivity contribution in [2.45, 2.75) is 18.2 Å². The van der Waals surface area contributed by atoms with E-state index in [4.69, 9.17) is 0 Å². The van der Waals surface area contributed by atoms with E-state index in [-0.39, 0.29) is 11.3 Å². The van der Waals surface area contributed by atoms with Crippen LogP contribution in [0.3, 0.4) is 0 Å². The van der Waals surface area contributed by atoms with Gasteiger partial charge in [-0.1, -0.05) is 18.2 Å². The Hall–Kier alpha value is -1.73. The van der Waals surface area contributed by atoms with Gasteiger partial charge in [-0.25, -0.2) is 18.1 Å². The van der Waals surface area contributed by atoms with Gasteiger partial charge in [-0.15, -0.1) is 11.3 Å². The zero-order valence-electron chi connectivity index (χ0n) is 10.2. The third kappa shape index (κ3) is 3.62. The van der Waals surface area contributed by atoms with Crippen LogP contribution in [0.15, 0.2) is 40.6 Å². The molecule has 0 bridgehead atoms. The normalized spacial score (nSPS) is 11.2. The summed E-state index contributed by atoms with van der Waals surface area (Å²) in [7, 11) is -3.80. The Labute approximate surface area is 115 Å². The van der Waals surface area contributed by atoms with Gasteiger partial charge in [-0.3, -0.25) is 4.79 Å². The van der Waals surface area contributed by atoms with Gasteiger partial charge in [-0.05, 0) is 19.1 Å². The Balaban J connectivity index is 2.07. The van der Waals surface area contributed by atoms with Gasteiger partial charge in [0.2, 0.25) is 5.91 Å². The Morgan fingerprint density at radius 3 is 2.58 bits per heavy atom. The first-order valence-corrected chi connectivity index (χ1v) is 7.85. The van der Waals surface area contributed by atoms with Gasteiger partial charge in [0, 0.05) is 5.38 Å². The highest BCUT2D eigenvalue weighted by Gasteiger charge is 2.17. The SMILES string of the molecule is Cc1nc(CC(=O)NS(=O)(=O)c2ccccc2)cs1. The molecule has 1 aromatic carbocycles. The lowest BCUT2D eigenvalue weighted by Crippen LogP contribution is -2.31. The van der Waals surface area contributed by atoms with E-state index in [1.54, 1.807) is 23.6 Å². The second-order valence-corrected chi connectivity index (χ2v) is 6.62. The van der Waals surface area contributed by atoms with Gasteiger partial charge < -0.3 is 0 Å². The van der Waals surface area contributed by atoms with E-state index in [2.05, 4.69) is 4.98 Å². The lowest BCUT2D eigenvalue weighted by Gasteiger charge is -2.05. The molecular weight excluding hydrogens is 284 g/mol. The van der Waals surface area contributed by atoms with Crippen molar-refractivity contribution >= 4 is 27.3 Å². The number of aromatic nitrogens is 1. The summed E-state index contributed by atoms with van der Waals surface area (Å²) >= 11 is 1.42. The molecule has 1 amide bonds. The van der Waals surface area contributed by atoms with E-state index < -0.39 is 15.9 Å². The van der Waals surface area contributed by atoms with E-state index in [0.717, 1.165) is 5.01 Å². The fraction of sp³-hybridized carbons (Fsp3) is 0.167. The van der Waals surface area contributed by atoms with Crippen molar-refractivity contribution in [2.24, 2.45) is 0 Å². The largest absolute Gasteiger partial charge is 0.274 e. The molecule has 0 radical (unpaired) electrons. The lowest BCUT2D eigenvalue weighted by atomic mass is 10.3. The predicted molar refractivity (Wildman–Crippen MR) is 72.3 cm³/mol. The molecule has 1 aromatic heterocycles. The van der Waals surface area contributed by atoms with Crippen LogP contribution in [0.1, 0.15) is 10.7 Å². The number of carbonyl (C=O) groups is 1. The van der Waals surface area contributed by atoms with E-state index in [0.29, 0.717) is 5.69 Å². The minimum absolute atomic E-state index is 0.0452. The van der Waals surface area contributed by atoms with Gasteiger partial charge in [-0.2, -0.15) is 0 Å². The summed E-state index contributed by atoms with van der Waals surface area (Å²) in [5.74, 6) is -0.589.